The van der Waals surface area contributed by atoms with Crippen molar-refractivity contribution in [3.63, 3.8) is 0 Å². The number of methoxy groups -OCH3 is 1. The molecule has 1 unspecified atom stereocenters. The zero-order chi connectivity index (χ0) is 14.5. The number of ether oxygens (including phenoxy) is 2. The third kappa shape index (κ3) is 3.52. The molecule has 20 heavy (non-hydrogen) atoms. The highest BCUT2D eigenvalue weighted by molar-refractivity contribution is 5.34. The Bertz CT molecular complexity index is 543. The summed E-state index contributed by atoms with van der Waals surface area (Å²) in [5, 5.41) is 0. The van der Waals surface area contributed by atoms with E-state index in [1.165, 1.54) is 11.1 Å². The number of aryl methyl sites for hydroxylation is 2. The second kappa shape index (κ2) is 6.44. The van der Waals surface area contributed by atoms with Gasteiger partial charge in [0.2, 0.25) is 0 Å². The lowest BCUT2D eigenvalue weighted by Crippen LogP contribution is -2.18. The molecule has 1 atom stereocenters. The van der Waals surface area contributed by atoms with E-state index < -0.39 is 0 Å². The second-order valence-corrected chi connectivity index (χ2v) is 4.94. The molecule has 0 aliphatic heterocycles. The van der Waals surface area contributed by atoms with Crippen molar-refractivity contribution in [1.29, 1.82) is 0 Å². The molecule has 0 spiro atoms. The first-order valence-electron chi connectivity index (χ1n) is 6.71. The first-order chi connectivity index (χ1) is 9.62. The van der Waals surface area contributed by atoms with Crippen LogP contribution in [0.3, 0.4) is 0 Å². The van der Waals surface area contributed by atoms with Crippen molar-refractivity contribution >= 4 is 0 Å². The predicted octanol–water partition coefficient (Wildman–Crippen LogP) is 3.39. The van der Waals surface area contributed by atoms with Crippen LogP contribution in [0.2, 0.25) is 0 Å². The zero-order valence-corrected chi connectivity index (χ0v) is 12.2. The predicted molar refractivity (Wildman–Crippen MR) is 81.3 cm³/mol. The van der Waals surface area contributed by atoms with Crippen LogP contribution in [0.25, 0.3) is 0 Å². The summed E-state index contributed by atoms with van der Waals surface area (Å²) in [5.74, 6) is 1.68. The van der Waals surface area contributed by atoms with E-state index in [0.29, 0.717) is 6.54 Å². The van der Waals surface area contributed by atoms with Crippen LogP contribution >= 0.6 is 0 Å². The van der Waals surface area contributed by atoms with Crippen molar-refractivity contribution in [1.82, 2.24) is 0 Å². The van der Waals surface area contributed by atoms with Crippen molar-refractivity contribution in [3.05, 3.63) is 59.2 Å². The van der Waals surface area contributed by atoms with Crippen LogP contribution in [-0.4, -0.2) is 13.7 Å². The summed E-state index contributed by atoms with van der Waals surface area (Å²) in [7, 11) is 1.65. The largest absolute Gasteiger partial charge is 0.497 e. The summed E-state index contributed by atoms with van der Waals surface area (Å²) in [6.45, 7) is 4.55. The van der Waals surface area contributed by atoms with Crippen LogP contribution in [0.4, 0.5) is 0 Å². The summed E-state index contributed by atoms with van der Waals surface area (Å²) >= 11 is 0. The third-order valence-electron chi connectivity index (χ3n) is 3.18. The smallest absolute Gasteiger partial charge is 0.136 e. The van der Waals surface area contributed by atoms with Gasteiger partial charge in [0.05, 0.1) is 7.11 Å². The Balaban J connectivity index is 2.19. The molecule has 106 valence electrons. The second-order valence-electron chi connectivity index (χ2n) is 4.94. The minimum absolute atomic E-state index is 0.151. The minimum atomic E-state index is -0.151. The summed E-state index contributed by atoms with van der Waals surface area (Å²) < 4.78 is 11.2. The average molecular weight is 271 g/mol. The standard InChI is InChI=1S/C17H21NO2/c1-12-8-13(2)10-16(9-12)20-17(11-18)14-4-6-15(19-3)7-5-14/h4-10,17H,11,18H2,1-3H3. The van der Waals surface area contributed by atoms with Gasteiger partial charge in [-0.1, -0.05) is 18.2 Å². The van der Waals surface area contributed by atoms with Gasteiger partial charge in [0, 0.05) is 6.54 Å². The summed E-state index contributed by atoms with van der Waals surface area (Å²) in [6.07, 6.45) is -0.151. The van der Waals surface area contributed by atoms with Gasteiger partial charge in [-0.3, -0.25) is 0 Å². The van der Waals surface area contributed by atoms with Gasteiger partial charge in [-0.15, -0.1) is 0 Å². The molecule has 0 saturated carbocycles. The molecular weight excluding hydrogens is 250 g/mol. The van der Waals surface area contributed by atoms with E-state index in [-0.39, 0.29) is 6.10 Å². The quantitative estimate of drug-likeness (QED) is 0.906. The van der Waals surface area contributed by atoms with Gasteiger partial charge in [0.15, 0.2) is 0 Å². The topological polar surface area (TPSA) is 44.5 Å². The molecule has 3 nitrogen and oxygen atoms in total. The summed E-state index contributed by atoms with van der Waals surface area (Å²) in [4.78, 5) is 0. The third-order valence-corrected chi connectivity index (χ3v) is 3.18. The van der Waals surface area contributed by atoms with E-state index in [4.69, 9.17) is 15.2 Å². The maximum absolute atomic E-state index is 6.02. The molecule has 0 saturated heterocycles. The van der Waals surface area contributed by atoms with E-state index >= 15 is 0 Å². The lowest BCUT2D eigenvalue weighted by Gasteiger charge is -2.19. The fourth-order valence-electron chi connectivity index (χ4n) is 2.24. The molecule has 0 bridgehead atoms. The van der Waals surface area contributed by atoms with Gasteiger partial charge < -0.3 is 15.2 Å². The van der Waals surface area contributed by atoms with Gasteiger partial charge in [0.25, 0.3) is 0 Å². The maximum atomic E-state index is 6.02. The molecule has 2 N–H and O–H groups in total. The van der Waals surface area contributed by atoms with Crippen LogP contribution in [0, 0.1) is 13.8 Å². The highest BCUT2D eigenvalue weighted by atomic mass is 16.5. The monoisotopic (exact) mass is 271 g/mol. The first-order valence-corrected chi connectivity index (χ1v) is 6.71. The molecule has 0 fully saturated rings. The summed E-state index contributed by atoms with van der Waals surface area (Å²) in [6, 6.07) is 14.0. The van der Waals surface area contributed by atoms with Gasteiger partial charge in [0.1, 0.15) is 17.6 Å². The molecule has 0 heterocycles. The SMILES string of the molecule is COc1ccc(C(CN)Oc2cc(C)cc(C)c2)cc1. The number of hydrogen-bond donors (Lipinski definition) is 1. The zero-order valence-electron chi connectivity index (χ0n) is 12.2. The molecular formula is C17H21NO2. The number of benzene rings is 2. The normalized spacial score (nSPS) is 12.0. The minimum Gasteiger partial charge on any atom is -0.497 e. The van der Waals surface area contributed by atoms with Gasteiger partial charge in [-0.25, -0.2) is 0 Å². The fraction of sp³-hybridized carbons (Fsp3) is 0.294. The average Bonchev–Trinajstić information content (AvgIpc) is 2.44. The van der Waals surface area contributed by atoms with Crippen LogP contribution in [0.1, 0.15) is 22.8 Å². The first kappa shape index (κ1) is 14.4. The van der Waals surface area contributed by atoms with Crippen molar-refractivity contribution in [2.75, 3.05) is 13.7 Å². The van der Waals surface area contributed by atoms with Crippen molar-refractivity contribution in [2.45, 2.75) is 20.0 Å². The molecule has 3 heteroatoms. The molecule has 0 aromatic heterocycles. The Morgan fingerprint density at radius 3 is 2.05 bits per heavy atom. The van der Waals surface area contributed by atoms with Crippen LogP contribution in [-0.2, 0) is 0 Å². The van der Waals surface area contributed by atoms with Crippen LogP contribution < -0.4 is 15.2 Å². The molecule has 0 amide bonds. The van der Waals surface area contributed by atoms with E-state index in [1.54, 1.807) is 7.11 Å². The van der Waals surface area contributed by atoms with Crippen LogP contribution in [0.5, 0.6) is 11.5 Å². The van der Waals surface area contributed by atoms with Crippen LogP contribution in [0.15, 0.2) is 42.5 Å². The van der Waals surface area contributed by atoms with Gasteiger partial charge >= 0.3 is 0 Å². The summed E-state index contributed by atoms with van der Waals surface area (Å²) in [5.41, 5.74) is 9.26. The Morgan fingerprint density at radius 1 is 0.950 bits per heavy atom. The highest BCUT2D eigenvalue weighted by Crippen LogP contribution is 2.25. The Kier molecular flexibility index (Phi) is 4.64. The Hall–Kier alpha value is -2.00. The van der Waals surface area contributed by atoms with Gasteiger partial charge in [-0.05, 0) is 54.8 Å². The molecule has 0 aliphatic rings. The molecule has 2 aromatic carbocycles. The Morgan fingerprint density at radius 2 is 1.55 bits per heavy atom. The fourth-order valence-corrected chi connectivity index (χ4v) is 2.24. The van der Waals surface area contributed by atoms with Crippen molar-refractivity contribution in [3.8, 4) is 11.5 Å². The Labute approximate surface area is 120 Å². The number of rotatable bonds is 5. The molecule has 0 aliphatic carbocycles. The maximum Gasteiger partial charge on any atom is 0.136 e. The van der Waals surface area contributed by atoms with Gasteiger partial charge in [-0.2, -0.15) is 0 Å². The molecule has 2 aromatic rings. The highest BCUT2D eigenvalue weighted by Gasteiger charge is 2.12. The van der Waals surface area contributed by atoms with Crippen molar-refractivity contribution < 1.29 is 9.47 Å². The van der Waals surface area contributed by atoms with E-state index in [9.17, 15) is 0 Å². The van der Waals surface area contributed by atoms with Crippen molar-refractivity contribution in [2.24, 2.45) is 5.73 Å². The lowest BCUT2D eigenvalue weighted by atomic mass is 10.1. The van der Waals surface area contributed by atoms with E-state index in [2.05, 4.69) is 19.9 Å². The van der Waals surface area contributed by atoms with E-state index in [0.717, 1.165) is 17.1 Å². The molecule has 2 rings (SSSR count). The number of hydrogen-bond acceptors (Lipinski definition) is 3. The number of nitrogens with two attached hydrogens (primary N) is 1. The van der Waals surface area contributed by atoms with E-state index in [1.807, 2.05) is 36.4 Å². The molecule has 0 radical (unpaired) electrons. The lowest BCUT2D eigenvalue weighted by molar-refractivity contribution is 0.214.